The molecule has 0 aromatic heterocycles. The molecule has 26 heavy (non-hydrogen) atoms. The lowest BCUT2D eigenvalue weighted by molar-refractivity contribution is -0.121. The Morgan fingerprint density at radius 1 is 1.19 bits per heavy atom. The summed E-state index contributed by atoms with van der Waals surface area (Å²) in [4.78, 5) is 14.1. The normalized spacial score (nSPS) is 14.5. The summed E-state index contributed by atoms with van der Waals surface area (Å²) in [6, 6.07) is 15.6. The van der Waals surface area contributed by atoms with E-state index in [-0.39, 0.29) is 18.6 Å². The van der Waals surface area contributed by atoms with E-state index in [2.05, 4.69) is 6.92 Å². The van der Waals surface area contributed by atoms with Gasteiger partial charge in [0, 0.05) is 12.6 Å². The molecule has 0 fully saturated rings. The van der Waals surface area contributed by atoms with Gasteiger partial charge in [-0.3, -0.25) is 4.79 Å². The first kappa shape index (κ1) is 18.3. The lowest BCUT2D eigenvalue weighted by Gasteiger charge is -2.30. The molecule has 2 aromatic carbocycles. The van der Waals surface area contributed by atoms with Crippen molar-refractivity contribution in [3.8, 4) is 11.5 Å². The van der Waals surface area contributed by atoms with Crippen molar-refractivity contribution in [2.24, 2.45) is 5.73 Å². The Morgan fingerprint density at radius 2 is 2.00 bits per heavy atom. The van der Waals surface area contributed by atoms with Gasteiger partial charge in [-0.1, -0.05) is 31.2 Å². The van der Waals surface area contributed by atoms with Crippen LogP contribution in [-0.2, 0) is 4.79 Å². The van der Waals surface area contributed by atoms with E-state index in [0.29, 0.717) is 13.2 Å². The van der Waals surface area contributed by atoms with Gasteiger partial charge in [0.15, 0.2) is 6.61 Å². The highest BCUT2D eigenvalue weighted by molar-refractivity contribution is 5.97. The zero-order valence-corrected chi connectivity index (χ0v) is 15.2. The van der Waals surface area contributed by atoms with Crippen LogP contribution in [0.25, 0.3) is 0 Å². The third-order valence-corrected chi connectivity index (χ3v) is 4.58. The molecule has 0 saturated carbocycles. The summed E-state index contributed by atoms with van der Waals surface area (Å²) in [5.41, 5.74) is 8.00. The Kier molecular flexibility index (Phi) is 6.12. The number of amides is 1. The molecule has 5 nitrogen and oxygen atoms in total. The molecule has 0 radical (unpaired) electrons. The van der Waals surface area contributed by atoms with Crippen LogP contribution in [0.1, 0.15) is 37.8 Å². The Balaban J connectivity index is 1.58. The monoisotopic (exact) mass is 354 g/mol. The quantitative estimate of drug-likeness (QED) is 0.735. The third kappa shape index (κ3) is 4.35. The maximum Gasteiger partial charge on any atom is 0.265 e. The summed E-state index contributed by atoms with van der Waals surface area (Å²) in [6.45, 7) is 3.43. The molecule has 1 heterocycles. The van der Waals surface area contributed by atoms with Crippen molar-refractivity contribution >= 4 is 11.6 Å². The van der Waals surface area contributed by atoms with E-state index in [9.17, 15) is 4.79 Å². The van der Waals surface area contributed by atoms with E-state index in [1.807, 2.05) is 53.4 Å². The van der Waals surface area contributed by atoms with Crippen LogP contribution in [0.3, 0.4) is 0 Å². The van der Waals surface area contributed by atoms with Gasteiger partial charge in [0.1, 0.15) is 11.5 Å². The van der Waals surface area contributed by atoms with Crippen molar-refractivity contribution in [1.82, 2.24) is 0 Å². The van der Waals surface area contributed by atoms with Crippen LogP contribution in [-0.4, -0.2) is 25.7 Å². The number of nitrogens with zero attached hydrogens (tertiary/aromatic N) is 1. The minimum absolute atomic E-state index is 0.0105. The van der Waals surface area contributed by atoms with Crippen LogP contribution in [0.5, 0.6) is 11.5 Å². The minimum Gasteiger partial charge on any atom is -0.494 e. The molecule has 0 spiro atoms. The highest BCUT2D eigenvalue weighted by atomic mass is 16.5. The molecule has 1 aliphatic heterocycles. The van der Waals surface area contributed by atoms with Gasteiger partial charge in [0.2, 0.25) is 0 Å². The third-order valence-electron chi connectivity index (χ3n) is 4.58. The molecule has 2 aromatic rings. The number of unbranched alkanes of at least 4 members (excludes halogenated alkanes) is 1. The minimum atomic E-state index is -0.0292. The number of fused-ring (bicyclic) bond motifs is 1. The van der Waals surface area contributed by atoms with Crippen molar-refractivity contribution in [2.75, 3.05) is 24.7 Å². The van der Waals surface area contributed by atoms with Crippen LogP contribution in [0, 0.1) is 0 Å². The smallest absolute Gasteiger partial charge is 0.265 e. The molecule has 0 bridgehead atoms. The molecule has 138 valence electrons. The fourth-order valence-corrected chi connectivity index (χ4v) is 3.01. The number of nitrogens with two attached hydrogens (primary N) is 1. The first-order valence-corrected chi connectivity index (χ1v) is 9.19. The van der Waals surface area contributed by atoms with E-state index in [0.717, 1.165) is 42.0 Å². The van der Waals surface area contributed by atoms with Gasteiger partial charge in [-0.05, 0) is 49.1 Å². The van der Waals surface area contributed by atoms with Gasteiger partial charge >= 0.3 is 0 Å². The standard InChI is InChI=1S/C21H26N2O3/c1-2-18(22)16-10-11-20-19(14-16)23(21(24)15-26-20)12-6-7-13-25-17-8-4-3-5-9-17/h3-5,8-11,14,18H,2,6-7,12-13,15,22H2,1H3. The van der Waals surface area contributed by atoms with Crippen LogP contribution in [0.4, 0.5) is 5.69 Å². The molecule has 1 unspecified atom stereocenters. The molecule has 1 atom stereocenters. The molecular weight excluding hydrogens is 328 g/mol. The number of anilines is 1. The van der Waals surface area contributed by atoms with Gasteiger partial charge in [0.25, 0.3) is 5.91 Å². The number of rotatable bonds is 8. The van der Waals surface area contributed by atoms with Crippen molar-refractivity contribution in [3.63, 3.8) is 0 Å². The van der Waals surface area contributed by atoms with Gasteiger partial charge in [0.05, 0.1) is 12.3 Å². The second-order valence-electron chi connectivity index (χ2n) is 6.44. The lowest BCUT2D eigenvalue weighted by atomic mass is 10.0. The van der Waals surface area contributed by atoms with Crippen molar-refractivity contribution < 1.29 is 14.3 Å². The summed E-state index contributed by atoms with van der Waals surface area (Å²) in [5.74, 6) is 1.61. The first-order chi connectivity index (χ1) is 12.7. The Hall–Kier alpha value is -2.53. The first-order valence-electron chi connectivity index (χ1n) is 9.19. The predicted octanol–water partition coefficient (Wildman–Crippen LogP) is 3.68. The second-order valence-corrected chi connectivity index (χ2v) is 6.44. The zero-order valence-electron chi connectivity index (χ0n) is 15.2. The van der Waals surface area contributed by atoms with Crippen LogP contribution in [0.2, 0.25) is 0 Å². The van der Waals surface area contributed by atoms with E-state index >= 15 is 0 Å². The molecular formula is C21H26N2O3. The molecule has 5 heteroatoms. The molecule has 1 amide bonds. The summed E-state index contributed by atoms with van der Waals surface area (Å²) < 4.78 is 11.3. The van der Waals surface area contributed by atoms with Crippen molar-refractivity contribution in [3.05, 3.63) is 54.1 Å². The Morgan fingerprint density at radius 3 is 2.77 bits per heavy atom. The molecule has 2 N–H and O–H groups in total. The average molecular weight is 354 g/mol. The van der Waals surface area contributed by atoms with Crippen LogP contribution < -0.4 is 20.1 Å². The number of ether oxygens (including phenoxy) is 2. The SMILES string of the molecule is CCC(N)c1ccc2c(c1)N(CCCCOc1ccccc1)C(=O)CO2. The maximum absolute atomic E-state index is 12.3. The Bertz CT molecular complexity index is 733. The van der Waals surface area contributed by atoms with Crippen LogP contribution in [0.15, 0.2) is 48.5 Å². The lowest BCUT2D eigenvalue weighted by Crippen LogP contribution is -2.39. The van der Waals surface area contributed by atoms with E-state index in [1.54, 1.807) is 0 Å². The van der Waals surface area contributed by atoms with Crippen LogP contribution >= 0.6 is 0 Å². The highest BCUT2D eigenvalue weighted by Gasteiger charge is 2.25. The van der Waals surface area contributed by atoms with Gasteiger partial charge in [-0.15, -0.1) is 0 Å². The van der Waals surface area contributed by atoms with Crippen molar-refractivity contribution in [2.45, 2.75) is 32.2 Å². The average Bonchev–Trinajstić information content (AvgIpc) is 2.69. The maximum atomic E-state index is 12.3. The molecule has 0 aliphatic carbocycles. The highest BCUT2D eigenvalue weighted by Crippen LogP contribution is 2.34. The van der Waals surface area contributed by atoms with E-state index < -0.39 is 0 Å². The molecule has 0 saturated heterocycles. The summed E-state index contributed by atoms with van der Waals surface area (Å²) in [6.07, 6.45) is 2.59. The molecule has 1 aliphatic rings. The Labute approximate surface area is 154 Å². The number of hydrogen-bond donors (Lipinski definition) is 1. The van der Waals surface area contributed by atoms with Gasteiger partial charge in [-0.2, -0.15) is 0 Å². The van der Waals surface area contributed by atoms with E-state index in [1.165, 1.54) is 0 Å². The number of para-hydroxylation sites is 1. The fourth-order valence-electron chi connectivity index (χ4n) is 3.01. The van der Waals surface area contributed by atoms with Crippen molar-refractivity contribution in [1.29, 1.82) is 0 Å². The number of carbonyl (C=O) groups is 1. The predicted molar refractivity (Wildman–Crippen MR) is 103 cm³/mol. The summed E-state index contributed by atoms with van der Waals surface area (Å²) in [7, 11) is 0. The topological polar surface area (TPSA) is 64.8 Å². The number of hydrogen-bond acceptors (Lipinski definition) is 4. The number of benzene rings is 2. The van der Waals surface area contributed by atoms with Gasteiger partial charge < -0.3 is 20.1 Å². The zero-order chi connectivity index (χ0) is 18.4. The fraction of sp³-hybridized carbons (Fsp3) is 0.381. The largest absolute Gasteiger partial charge is 0.494 e. The summed E-state index contributed by atoms with van der Waals surface area (Å²) >= 11 is 0. The summed E-state index contributed by atoms with van der Waals surface area (Å²) in [5, 5.41) is 0. The number of carbonyl (C=O) groups excluding carboxylic acids is 1. The van der Waals surface area contributed by atoms with E-state index in [4.69, 9.17) is 15.2 Å². The second kappa shape index (κ2) is 8.72. The van der Waals surface area contributed by atoms with Gasteiger partial charge in [-0.25, -0.2) is 0 Å². The molecule has 3 rings (SSSR count).